The lowest BCUT2D eigenvalue weighted by molar-refractivity contribution is -0.119. The van der Waals surface area contributed by atoms with E-state index in [0.717, 1.165) is 0 Å². The van der Waals surface area contributed by atoms with Gasteiger partial charge in [-0.25, -0.2) is 9.97 Å². The third kappa shape index (κ3) is 10.4. The summed E-state index contributed by atoms with van der Waals surface area (Å²) in [5, 5.41) is 21.9. The van der Waals surface area contributed by atoms with Crippen molar-refractivity contribution in [2.45, 2.75) is 27.7 Å². The van der Waals surface area contributed by atoms with Crippen LogP contribution in [0.3, 0.4) is 0 Å². The maximum atomic E-state index is 11.8. The second kappa shape index (κ2) is 16.8. The number of azo groups is 2. The smallest absolute Gasteiger partial charge is 0.227 e. The molecule has 2 aromatic heterocycles. The molecule has 0 bridgehead atoms. The molecule has 4 aromatic rings. The Morgan fingerprint density at radius 1 is 0.614 bits per heavy atom. The number of aromatic nitrogens is 2. The number of hydrogen-bond acceptors (Lipinski definition) is 10. The second-order valence-electron chi connectivity index (χ2n) is 9.83. The maximum Gasteiger partial charge on any atom is 0.227 e. The number of anilines is 2. The molecule has 2 heterocycles. The summed E-state index contributed by atoms with van der Waals surface area (Å²) in [5.41, 5.74) is 2.45. The molecule has 0 saturated carbocycles. The molecule has 44 heavy (non-hydrogen) atoms. The van der Waals surface area contributed by atoms with E-state index in [4.69, 9.17) is 9.47 Å². The van der Waals surface area contributed by atoms with Gasteiger partial charge in [0, 0.05) is 36.4 Å². The first-order valence-corrected chi connectivity index (χ1v) is 13.8. The summed E-state index contributed by atoms with van der Waals surface area (Å²) in [5.74, 6) is 1.78. The van der Waals surface area contributed by atoms with Crippen LogP contribution in [0.15, 0.2) is 106 Å². The molecule has 0 saturated heterocycles. The average molecular weight is 597 g/mol. The van der Waals surface area contributed by atoms with Crippen molar-refractivity contribution in [2.24, 2.45) is 32.3 Å². The van der Waals surface area contributed by atoms with E-state index < -0.39 is 0 Å². The van der Waals surface area contributed by atoms with Gasteiger partial charge >= 0.3 is 0 Å². The zero-order valence-corrected chi connectivity index (χ0v) is 25.6. The summed E-state index contributed by atoms with van der Waals surface area (Å²) in [7, 11) is 3.08. The fraction of sp³-hybridized carbons (Fsp3) is 0.250. The van der Waals surface area contributed by atoms with Gasteiger partial charge in [0.15, 0.2) is 11.6 Å². The fourth-order valence-electron chi connectivity index (χ4n) is 3.29. The third-order valence-corrected chi connectivity index (χ3v) is 5.77. The lowest BCUT2D eigenvalue weighted by atomic mass is 10.2. The SMILES string of the molecule is COc1cc(/N=N/c2ccccn2)ccc1NC(=O)C(C)C.COc1cc(/N=N\c2ccccn2)ccc1NC(=O)C(C)C. The van der Waals surface area contributed by atoms with Crippen LogP contribution in [0, 0.1) is 11.8 Å². The number of carbonyl (C=O) groups is 2. The van der Waals surface area contributed by atoms with E-state index in [9.17, 15) is 9.59 Å². The van der Waals surface area contributed by atoms with E-state index >= 15 is 0 Å². The Bertz CT molecular complexity index is 1460. The molecule has 0 aliphatic rings. The van der Waals surface area contributed by atoms with Gasteiger partial charge in [0.05, 0.1) is 37.0 Å². The van der Waals surface area contributed by atoms with Crippen molar-refractivity contribution in [3.8, 4) is 11.5 Å². The minimum atomic E-state index is -0.103. The van der Waals surface area contributed by atoms with Gasteiger partial charge < -0.3 is 20.1 Å². The van der Waals surface area contributed by atoms with Gasteiger partial charge in [-0.3, -0.25) is 9.59 Å². The van der Waals surface area contributed by atoms with Crippen LogP contribution < -0.4 is 20.1 Å². The Morgan fingerprint density at radius 3 is 1.34 bits per heavy atom. The van der Waals surface area contributed by atoms with Crippen LogP contribution in [-0.4, -0.2) is 36.0 Å². The van der Waals surface area contributed by atoms with Crippen molar-refractivity contribution in [1.82, 2.24) is 9.97 Å². The second-order valence-corrected chi connectivity index (χ2v) is 9.83. The van der Waals surface area contributed by atoms with Gasteiger partial charge in [-0.05, 0) is 48.5 Å². The molecule has 228 valence electrons. The van der Waals surface area contributed by atoms with Gasteiger partial charge in [0.25, 0.3) is 0 Å². The number of methoxy groups -OCH3 is 2. The number of nitrogens with zero attached hydrogens (tertiary/aromatic N) is 6. The van der Waals surface area contributed by atoms with Crippen molar-refractivity contribution < 1.29 is 19.1 Å². The normalized spacial score (nSPS) is 10.9. The van der Waals surface area contributed by atoms with Crippen molar-refractivity contribution >= 4 is 46.2 Å². The van der Waals surface area contributed by atoms with Crippen LogP contribution in [0.25, 0.3) is 0 Å². The predicted octanol–water partition coefficient (Wildman–Crippen LogP) is 8.20. The Morgan fingerprint density at radius 2 is 1.02 bits per heavy atom. The van der Waals surface area contributed by atoms with Crippen molar-refractivity contribution in [3.63, 3.8) is 0 Å². The highest BCUT2D eigenvalue weighted by atomic mass is 16.5. The maximum absolute atomic E-state index is 11.8. The Labute approximate surface area is 256 Å². The Kier molecular flexibility index (Phi) is 12.6. The molecule has 0 spiro atoms. The molecule has 0 radical (unpaired) electrons. The van der Waals surface area contributed by atoms with Crippen LogP contribution in [0.4, 0.5) is 34.4 Å². The zero-order valence-electron chi connectivity index (χ0n) is 25.6. The largest absolute Gasteiger partial charge is 0.494 e. The molecule has 0 unspecified atom stereocenters. The summed E-state index contributed by atoms with van der Waals surface area (Å²) in [6, 6.07) is 21.2. The minimum absolute atomic E-state index is 0.0684. The first-order chi connectivity index (χ1) is 21.2. The Hall–Kier alpha value is -5.52. The first kappa shape index (κ1) is 33.0. The number of carbonyl (C=O) groups excluding carboxylic acids is 2. The molecule has 0 fully saturated rings. The van der Waals surface area contributed by atoms with E-state index in [1.807, 2.05) is 52.0 Å². The number of benzene rings is 2. The molecule has 0 aliphatic heterocycles. The summed E-state index contributed by atoms with van der Waals surface area (Å²) < 4.78 is 10.6. The van der Waals surface area contributed by atoms with E-state index in [-0.39, 0.29) is 23.7 Å². The highest BCUT2D eigenvalue weighted by Gasteiger charge is 2.12. The molecule has 12 nitrogen and oxygen atoms in total. The molecule has 2 amide bonds. The lowest BCUT2D eigenvalue weighted by Gasteiger charge is -2.12. The molecule has 0 atom stereocenters. The molecule has 2 aromatic carbocycles. The minimum Gasteiger partial charge on any atom is -0.494 e. The average Bonchev–Trinajstić information content (AvgIpc) is 3.04. The highest BCUT2D eigenvalue weighted by Crippen LogP contribution is 2.31. The molecule has 2 N–H and O–H groups in total. The lowest BCUT2D eigenvalue weighted by Crippen LogP contribution is -2.18. The van der Waals surface area contributed by atoms with E-state index in [0.29, 0.717) is 45.9 Å². The number of rotatable bonds is 10. The summed E-state index contributed by atoms with van der Waals surface area (Å²) in [6.07, 6.45) is 3.30. The van der Waals surface area contributed by atoms with Gasteiger partial charge in [-0.1, -0.05) is 39.8 Å². The van der Waals surface area contributed by atoms with Crippen LogP contribution in [-0.2, 0) is 9.59 Å². The number of pyridine rings is 2. The molecular weight excluding hydrogens is 560 g/mol. The molecular formula is C32H36N8O4. The summed E-state index contributed by atoms with van der Waals surface area (Å²) in [4.78, 5) is 31.6. The van der Waals surface area contributed by atoms with Gasteiger partial charge in [-0.2, -0.15) is 0 Å². The number of hydrogen-bond donors (Lipinski definition) is 2. The number of ether oxygens (including phenoxy) is 2. The zero-order chi connectivity index (χ0) is 31.9. The molecule has 0 aliphatic carbocycles. The number of nitrogens with one attached hydrogen (secondary N) is 2. The van der Waals surface area contributed by atoms with Gasteiger partial charge in [0.2, 0.25) is 11.8 Å². The van der Waals surface area contributed by atoms with Crippen LogP contribution in [0.1, 0.15) is 27.7 Å². The standard InChI is InChI=1S/2C16H18N4O2/c2*1-11(2)16(21)18-13-8-7-12(10-14(13)22-3)19-20-15-6-4-5-9-17-15/h2*4-11H,1-3H3,(H,18,21)/b20-19+;20-19-. The van der Waals surface area contributed by atoms with Crippen LogP contribution in [0.5, 0.6) is 11.5 Å². The monoisotopic (exact) mass is 596 g/mol. The highest BCUT2D eigenvalue weighted by molar-refractivity contribution is 5.94. The Balaban J connectivity index is 0.000000240. The van der Waals surface area contributed by atoms with E-state index in [1.54, 1.807) is 75.1 Å². The van der Waals surface area contributed by atoms with Crippen LogP contribution in [0.2, 0.25) is 0 Å². The fourth-order valence-corrected chi connectivity index (χ4v) is 3.29. The van der Waals surface area contributed by atoms with Gasteiger partial charge in [-0.15, -0.1) is 20.5 Å². The van der Waals surface area contributed by atoms with E-state index in [2.05, 4.69) is 41.1 Å². The van der Waals surface area contributed by atoms with Crippen LogP contribution >= 0.6 is 0 Å². The van der Waals surface area contributed by atoms with Crippen molar-refractivity contribution in [1.29, 1.82) is 0 Å². The van der Waals surface area contributed by atoms with Crippen molar-refractivity contribution in [3.05, 3.63) is 85.2 Å². The van der Waals surface area contributed by atoms with Gasteiger partial charge in [0.1, 0.15) is 11.5 Å². The molecule has 12 heteroatoms. The van der Waals surface area contributed by atoms with E-state index in [1.165, 1.54) is 0 Å². The third-order valence-electron chi connectivity index (χ3n) is 5.77. The van der Waals surface area contributed by atoms with Crippen molar-refractivity contribution in [2.75, 3.05) is 24.9 Å². The summed E-state index contributed by atoms with van der Waals surface area (Å²) in [6.45, 7) is 7.32. The quantitative estimate of drug-likeness (QED) is 0.176. The molecule has 4 rings (SSSR count). The number of amides is 2. The first-order valence-electron chi connectivity index (χ1n) is 13.8. The topological polar surface area (TPSA) is 152 Å². The summed E-state index contributed by atoms with van der Waals surface area (Å²) >= 11 is 0. The predicted molar refractivity (Wildman–Crippen MR) is 170 cm³/mol.